The van der Waals surface area contributed by atoms with Crippen molar-refractivity contribution in [2.24, 2.45) is 0 Å². The number of nitriles is 1. The number of likely N-dealkylation sites (tertiary alicyclic amines) is 1. The fraction of sp³-hybridized carbons (Fsp3) is 0.500. The van der Waals surface area contributed by atoms with Gasteiger partial charge in [-0.25, -0.2) is 17.5 Å². The van der Waals surface area contributed by atoms with Crippen molar-refractivity contribution in [2.75, 3.05) is 19.6 Å². The van der Waals surface area contributed by atoms with Gasteiger partial charge in [0.2, 0.25) is 10.0 Å². The van der Waals surface area contributed by atoms with E-state index in [1.165, 1.54) is 6.07 Å². The minimum atomic E-state index is -3.74. The maximum Gasteiger partial charge on any atom is 0.240 e. The molecule has 0 aromatic heterocycles. The second-order valence-corrected chi connectivity index (χ2v) is 7.00. The van der Waals surface area contributed by atoms with Crippen molar-refractivity contribution >= 4 is 10.0 Å². The van der Waals surface area contributed by atoms with Crippen LogP contribution in [-0.2, 0) is 10.0 Å². The summed E-state index contributed by atoms with van der Waals surface area (Å²) in [7, 11) is -3.74. The van der Waals surface area contributed by atoms with Crippen LogP contribution in [0.2, 0.25) is 0 Å². The molecule has 1 aromatic carbocycles. The molecule has 0 amide bonds. The van der Waals surface area contributed by atoms with Gasteiger partial charge in [0.1, 0.15) is 11.9 Å². The highest BCUT2D eigenvalue weighted by atomic mass is 32.2. The highest BCUT2D eigenvalue weighted by molar-refractivity contribution is 7.89. The molecule has 0 bridgehead atoms. The van der Waals surface area contributed by atoms with E-state index in [1.807, 2.05) is 0 Å². The Morgan fingerprint density at radius 2 is 2.10 bits per heavy atom. The second kappa shape index (κ2) is 6.52. The molecule has 1 aliphatic heterocycles. The first-order valence-corrected chi connectivity index (χ1v) is 8.35. The highest BCUT2D eigenvalue weighted by Gasteiger charge is 2.21. The summed E-state index contributed by atoms with van der Waals surface area (Å²) < 4.78 is 40.3. The highest BCUT2D eigenvalue weighted by Crippen LogP contribution is 2.15. The van der Waals surface area contributed by atoms with E-state index in [4.69, 9.17) is 5.26 Å². The number of nitrogens with one attached hydrogen (secondary N) is 1. The van der Waals surface area contributed by atoms with Crippen LogP contribution in [0.15, 0.2) is 23.1 Å². The zero-order valence-electron chi connectivity index (χ0n) is 11.8. The maximum absolute atomic E-state index is 13.2. The lowest BCUT2D eigenvalue weighted by Crippen LogP contribution is -2.41. The van der Waals surface area contributed by atoms with Crippen LogP contribution in [0.1, 0.15) is 25.3 Å². The predicted molar refractivity (Wildman–Crippen MR) is 76.6 cm³/mol. The third-order valence-corrected chi connectivity index (χ3v) is 5.04. The van der Waals surface area contributed by atoms with Crippen molar-refractivity contribution in [2.45, 2.75) is 30.7 Å². The van der Waals surface area contributed by atoms with Gasteiger partial charge in [0.25, 0.3) is 0 Å². The van der Waals surface area contributed by atoms with Gasteiger partial charge in [0, 0.05) is 12.6 Å². The molecule has 1 aromatic rings. The Bertz CT molecular complexity index is 649. The minimum absolute atomic E-state index is 0.0891. The van der Waals surface area contributed by atoms with Crippen molar-refractivity contribution < 1.29 is 12.8 Å². The Morgan fingerprint density at radius 3 is 2.71 bits per heavy atom. The van der Waals surface area contributed by atoms with E-state index in [0.29, 0.717) is 6.54 Å². The van der Waals surface area contributed by atoms with Gasteiger partial charge in [0.05, 0.1) is 10.5 Å². The monoisotopic (exact) mass is 311 g/mol. The zero-order chi connectivity index (χ0) is 15.5. The standard InChI is InChI=1S/C14H18FN3O2S/c1-11(10-18-6-2-3-7-18)17-21(19,20)13-4-5-14(15)12(8-13)9-16/h4-5,8,11,17H,2-3,6-7,10H2,1H3. The molecule has 1 fully saturated rings. The molecule has 0 aliphatic carbocycles. The predicted octanol–water partition coefficient (Wildman–Crippen LogP) is 1.46. The van der Waals surface area contributed by atoms with Gasteiger partial charge in [-0.2, -0.15) is 5.26 Å². The van der Waals surface area contributed by atoms with Crippen molar-refractivity contribution in [1.82, 2.24) is 9.62 Å². The summed E-state index contributed by atoms with van der Waals surface area (Å²) in [6.45, 7) is 4.42. The van der Waals surface area contributed by atoms with E-state index >= 15 is 0 Å². The van der Waals surface area contributed by atoms with Crippen molar-refractivity contribution in [1.29, 1.82) is 5.26 Å². The van der Waals surface area contributed by atoms with Crippen LogP contribution in [-0.4, -0.2) is 39.0 Å². The fourth-order valence-corrected chi connectivity index (χ4v) is 3.74. The van der Waals surface area contributed by atoms with Gasteiger partial charge in [0.15, 0.2) is 0 Å². The molecule has 1 aliphatic rings. The molecule has 1 N–H and O–H groups in total. The quantitative estimate of drug-likeness (QED) is 0.893. The first-order valence-electron chi connectivity index (χ1n) is 6.87. The Labute approximate surface area is 124 Å². The molecule has 1 atom stereocenters. The van der Waals surface area contributed by atoms with Crippen molar-refractivity contribution in [3.05, 3.63) is 29.6 Å². The molecule has 0 spiro atoms. The van der Waals surface area contributed by atoms with Gasteiger partial charge in [-0.3, -0.25) is 0 Å². The number of nitrogens with zero attached hydrogens (tertiary/aromatic N) is 2. The summed E-state index contributed by atoms with van der Waals surface area (Å²) in [5, 5.41) is 8.77. The second-order valence-electron chi connectivity index (χ2n) is 5.28. The van der Waals surface area contributed by atoms with E-state index in [1.54, 1.807) is 13.0 Å². The average molecular weight is 311 g/mol. The van der Waals surface area contributed by atoms with Crippen LogP contribution in [0, 0.1) is 17.1 Å². The van der Waals surface area contributed by atoms with E-state index in [2.05, 4.69) is 9.62 Å². The Hall–Kier alpha value is -1.49. The summed E-state index contributed by atoms with van der Waals surface area (Å²) in [5.41, 5.74) is -0.273. The van der Waals surface area contributed by atoms with E-state index in [0.717, 1.165) is 38.1 Å². The maximum atomic E-state index is 13.2. The molecule has 0 radical (unpaired) electrons. The van der Waals surface area contributed by atoms with E-state index < -0.39 is 15.8 Å². The normalized spacial score (nSPS) is 17.6. The van der Waals surface area contributed by atoms with Crippen molar-refractivity contribution in [3.63, 3.8) is 0 Å². The van der Waals surface area contributed by atoms with Crippen LogP contribution < -0.4 is 4.72 Å². The number of rotatable bonds is 5. The average Bonchev–Trinajstić information content (AvgIpc) is 2.91. The topological polar surface area (TPSA) is 73.2 Å². The Morgan fingerprint density at radius 1 is 1.43 bits per heavy atom. The lowest BCUT2D eigenvalue weighted by Gasteiger charge is -2.21. The van der Waals surface area contributed by atoms with Gasteiger partial charge >= 0.3 is 0 Å². The van der Waals surface area contributed by atoms with Gasteiger partial charge in [-0.05, 0) is 51.1 Å². The van der Waals surface area contributed by atoms with Crippen molar-refractivity contribution in [3.8, 4) is 6.07 Å². The summed E-state index contributed by atoms with van der Waals surface area (Å²) in [5.74, 6) is -0.721. The van der Waals surface area contributed by atoms with Crippen LogP contribution in [0.4, 0.5) is 4.39 Å². The first kappa shape index (κ1) is 15.9. The lowest BCUT2D eigenvalue weighted by atomic mass is 10.2. The van der Waals surface area contributed by atoms with Crippen LogP contribution in [0.5, 0.6) is 0 Å². The molecule has 0 saturated carbocycles. The fourth-order valence-electron chi connectivity index (χ4n) is 2.48. The lowest BCUT2D eigenvalue weighted by molar-refractivity contribution is 0.313. The summed E-state index contributed by atoms with van der Waals surface area (Å²) in [6, 6.07) is 4.62. The Kier molecular flexibility index (Phi) is 4.93. The molecular weight excluding hydrogens is 293 g/mol. The van der Waals surface area contributed by atoms with Gasteiger partial charge in [-0.15, -0.1) is 0 Å². The summed E-state index contributed by atoms with van der Waals surface area (Å²) in [4.78, 5) is 2.12. The molecule has 1 heterocycles. The van der Waals surface area contributed by atoms with E-state index in [9.17, 15) is 12.8 Å². The SMILES string of the molecule is CC(CN1CCCC1)NS(=O)(=O)c1ccc(F)c(C#N)c1. The number of hydrogen-bond acceptors (Lipinski definition) is 4. The number of halogens is 1. The van der Waals surface area contributed by atoms with Gasteiger partial charge in [-0.1, -0.05) is 0 Å². The zero-order valence-corrected chi connectivity index (χ0v) is 12.7. The van der Waals surface area contributed by atoms with Crippen LogP contribution in [0.25, 0.3) is 0 Å². The molecule has 114 valence electrons. The molecule has 1 unspecified atom stereocenters. The Balaban J connectivity index is 2.09. The molecule has 1 saturated heterocycles. The summed E-state index contributed by atoms with van der Waals surface area (Å²) in [6.07, 6.45) is 2.28. The molecule has 5 nitrogen and oxygen atoms in total. The molecule has 21 heavy (non-hydrogen) atoms. The first-order chi connectivity index (χ1) is 9.92. The molecule has 7 heteroatoms. The third kappa shape index (κ3) is 4.00. The van der Waals surface area contributed by atoms with Crippen LogP contribution in [0.3, 0.4) is 0 Å². The number of hydrogen-bond donors (Lipinski definition) is 1. The van der Waals surface area contributed by atoms with Gasteiger partial charge < -0.3 is 4.90 Å². The summed E-state index contributed by atoms with van der Waals surface area (Å²) >= 11 is 0. The molecular formula is C14H18FN3O2S. The van der Waals surface area contributed by atoms with Crippen LogP contribution >= 0.6 is 0 Å². The molecule has 2 rings (SSSR count). The number of benzene rings is 1. The largest absolute Gasteiger partial charge is 0.302 e. The number of sulfonamides is 1. The third-order valence-electron chi connectivity index (χ3n) is 3.46. The smallest absolute Gasteiger partial charge is 0.240 e. The van der Waals surface area contributed by atoms with E-state index in [-0.39, 0.29) is 16.5 Å². The minimum Gasteiger partial charge on any atom is -0.302 e.